The highest BCUT2D eigenvalue weighted by atomic mass is 16.5. The third-order valence-electron chi connectivity index (χ3n) is 4.73. The molecule has 0 radical (unpaired) electrons. The number of carbonyl (C=O) groups excluding carboxylic acids is 1. The van der Waals surface area contributed by atoms with Gasteiger partial charge in [0.25, 0.3) is 0 Å². The first kappa shape index (κ1) is 14.4. The molecular formula is C17H24N2O2. The van der Waals surface area contributed by atoms with E-state index in [0.717, 1.165) is 30.6 Å². The summed E-state index contributed by atoms with van der Waals surface area (Å²) in [5, 5.41) is 3.51. The molecule has 1 heterocycles. The Kier molecular flexibility index (Phi) is 4.15. The summed E-state index contributed by atoms with van der Waals surface area (Å²) in [6, 6.07) is 8.38. The zero-order chi connectivity index (χ0) is 14.8. The first-order valence-corrected chi connectivity index (χ1v) is 7.96. The van der Waals surface area contributed by atoms with Crippen LogP contribution < -0.4 is 10.1 Å². The number of hydrogen-bond donors (Lipinski definition) is 1. The Morgan fingerprint density at radius 3 is 2.76 bits per heavy atom. The van der Waals surface area contributed by atoms with Gasteiger partial charge < -0.3 is 9.64 Å². The maximum Gasteiger partial charge on any atom is 0.241 e. The highest BCUT2D eigenvalue weighted by Gasteiger charge is 2.42. The normalized spacial score (nSPS) is 26.6. The molecule has 1 amide bonds. The van der Waals surface area contributed by atoms with E-state index in [0.29, 0.717) is 6.04 Å². The summed E-state index contributed by atoms with van der Waals surface area (Å²) in [4.78, 5) is 14.8. The zero-order valence-electron chi connectivity index (χ0n) is 12.8. The number of nitrogens with zero attached hydrogens (tertiary/aromatic N) is 1. The van der Waals surface area contributed by atoms with Crippen molar-refractivity contribution in [2.24, 2.45) is 0 Å². The third kappa shape index (κ3) is 2.64. The van der Waals surface area contributed by atoms with Crippen LogP contribution in [0.25, 0.3) is 0 Å². The molecule has 0 spiro atoms. The summed E-state index contributed by atoms with van der Waals surface area (Å²) in [7, 11) is 1.68. The maximum atomic E-state index is 12.7. The molecular weight excluding hydrogens is 264 g/mol. The molecule has 2 unspecified atom stereocenters. The minimum Gasteiger partial charge on any atom is -0.497 e. The molecule has 2 fully saturated rings. The Balaban J connectivity index is 1.91. The summed E-state index contributed by atoms with van der Waals surface area (Å²) in [5.74, 6) is 1.10. The van der Waals surface area contributed by atoms with E-state index < -0.39 is 0 Å². The topological polar surface area (TPSA) is 41.6 Å². The molecule has 0 aromatic heterocycles. The van der Waals surface area contributed by atoms with E-state index in [9.17, 15) is 4.79 Å². The Morgan fingerprint density at radius 2 is 2.10 bits per heavy atom. The second kappa shape index (κ2) is 6.06. The van der Waals surface area contributed by atoms with Crippen LogP contribution in [0.15, 0.2) is 24.3 Å². The summed E-state index contributed by atoms with van der Waals surface area (Å²) in [6.07, 6.45) is 5.55. The Labute approximate surface area is 126 Å². The van der Waals surface area contributed by atoms with Crippen LogP contribution in [0.3, 0.4) is 0 Å². The minimum atomic E-state index is -0.0539. The lowest BCUT2D eigenvalue weighted by Crippen LogP contribution is -2.38. The zero-order valence-corrected chi connectivity index (χ0v) is 12.8. The quantitative estimate of drug-likeness (QED) is 0.926. The largest absolute Gasteiger partial charge is 0.497 e. The molecule has 2 aliphatic rings. The van der Waals surface area contributed by atoms with Gasteiger partial charge in [-0.1, -0.05) is 31.9 Å². The van der Waals surface area contributed by atoms with E-state index in [2.05, 4.69) is 23.2 Å². The molecule has 1 aromatic carbocycles. The average molecular weight is 288 g/mol. The fraction of sp³-hybridized carbons (Fsp3) is 0.588. The highest BCUT2D eigenvalue weighted by Crippen LogP contribution is 2.35. The van der Waals surface area contributed by atoms with Crippen molar-refractivity contribution in [1.82, 2.24) is 10.2 Å². The van der Waals surface area contributed by atoms with Crippen LogP contribution in [0.1, 0.15) is 50.8 Å². The number of methoxy groups -OCH3 is 1. The van der Waals surface area contributed by atoms with Gasteiger partial charge in [0.05, 0.1) is 13.2 Å². The highest BCUT2D eigenvalue weighted by molar-refractivity contribution is 5.85. The van der Waals surface area contributed by atoms with E-state index in [4.69, 9.17) is 4.74 Å². The van der Waals surface area contributed by atoms with E-state index in [1.54, 1.807) is 7.11 Å². The van der Waals surface area contributed by atoms with Crippen LogP contribution in [0.2, 0.25) is 0 Å². The van der Waals surface area contributed by atoms with Crippen molar-refractivity contribution in [3.63, 3.8) is 0 Å². The molecule has 4 nitrogen and oxygen atoms in total. The van der Waals surface area contributed by atoms with Crippen LogP contribution in [-0.4, -0.2) is 30.0 Å². The van der Waals surface area contributed by atoms with Gasteiger partial charge in [-0.3, -0.25) is 10.1 Å². The predicted molar refractivity (Wildman–Crippen MR) is 82.1 cm³/mol. The molecule has 1 aliphatic carbocycles. The molecule has 21 heavy (non-hydrogen) atoms. The number of hydrogen-bond acceptors (Lipinski definition) is 3. The van der Waals surface area contributed by atoms with E-state index >= 15 is 0 Å². The molecule has 1 aromatic rings. The fourth-order valence-corrected chi connectivity index (χ4v) is 3.58. The number of carbonyl (C=O) groups is 1. The van der Waals surface area contributed by atoms with Gasteiger partial charge in [0.2, 0.25) is 5.91 Å². The SMILES string of the molecule is CCC1NC(c2cccc(OC)c2)N(C2CCCC2)C1=O. The lowest BCUT2D eigenvalue weighted by atomic mass is 10.1. The number of amides is 1. The van der Waals surface area contributed by atoms with Crippen molar-refractivity contribution in [3.05, 3.63) is 29.8 Å². The van der Waals surface area contributed by atoms with Gasteiger partial charge in [0.15, 0.2) is 0 Å². The third-order valence-corrected chi connectivity index (χ3v) is 4.73. The van der Waals surface area contributed by atoms with Gasteiger partial charge in [-0.2, -0.15) is 0 Å². The lowest BCUT2D eigenvalue weighted by molar-refractivity contribution is -0.132. The van der Waals surface area contributed by atoms with Gasteiger partial charge in [0, 0.05) is 6.04 Å². The molecule has 1 saturated carbocycles. The second-order valence-electron chi connectivity index (χ2n) is 5.99. The average Bonchev–Trinajstić information content (AvgIpc) is 3.14. The van der Waals surface area contributed by atoms with Crippen LogP contribution in [0.4, 0.5) is 0 Å². The van der Waals surface area contributed by atoms with Gasteiger partial charge in [-0.25, -0.2) is 0 Å². The predicted octanol–water partition coefficient (Wildman–Crippen LogP) is 2.85. The van der Waals surface area contributed by atoms with Crippen LogP contribution in [0.5, 0.6) is 5.75 Å². The van der Waals surface area contributed by atoms with Crippen LogP contribution in [-0.2, 0) is 4.79 Å². The molecule has 3 rings (SSSR count). The number of ether oxygens (including phenoxy) is 1. The van der Waals surface area contributed by atoms with Crippen molar-refractivity contribution in [1.29, 1.82) is 0 Å². The van der Waals surface area contributed by atoms with Gasteiger partial charge >= 0.3 is 0 Å². The number of benzene rings is 1. The standard InChI is InChI=1S/C17H24N2O2/c1-3-15-17(20)19(13-8-4-5-9-13)16(18-15)12-7-6-10-14(11-12)21-2/h6-7,10-11,13,15-16,18H,3-5,8-9H2,1-2H3. The number of nitrogens with one attached hydrogen (secondary N) is 1. The molecule has 1 aliphatic heterocycles. The monoisotopic (exact) mass is 288 g/mol. The summed E-state index contributed by atoms with van der Waals surface area (Å²) in [5.41, 5.74) is 1.12. The van der Waals surface area contributed by atoms with Crippen molar-refractivity contribution in [3.8, 4) is 5.75 Å². The molecule has 114 valence electrons. The minimum absolute atomic E-state index is 0.0133. The lowest BCUT2D eigenvalue weighted by Gasteiger charge is -2.30. The summed E-state index contributed by atoms with van der Waals surface area (Å²) < 4.78 is 5.32. The second-order valence-corrected chi connectivity index (χ2v) is 5.99. The molecule has 1 N–H and O–H groups in total. The summed E-state index contributed by atoms with van der Waals surface area (Å²) >= 11 is 0. The molecule has 2 atom stereocenters. The van der Waals surface area contributed by atoms with Crippen molar-refractivity contribution < 1.29 is 9.53 Å². The Bertz CT molecular complexity index is 511. The Hall–Kier alpha value is -1.55. The molecule has 4 heteroatoms. The summed E-state index contributed by atoms with van der Waals surface area (Å²) in [6.45, 7) is 2.07. The van der Waals surface area contributed by atoms with Gasteiger partial charge in [0.1, 0.15) is 11.9 Å². The van der Waals surface area contributed by atoms with E-state index in [1.807, 2.05) is 18.2 Å². The van der Waals surface area contributed by atoms with Crippen molar-refractivity contribution in [2.75, 3.05) is 7.11 Å². The fourth-order valence-electron chi connectivity index (χ4n) is 3.58. The van der Waals surface area contributed by atoms with Crippen molar-refractivity contribution in [2.45, 2.75) is 57.3 Å². The first-order chi connectivity index (χ1) is 10.2. The van der Waals surface area contributed by atoms with Crippen LogP contribution >= 0.6 is 0 Å². The first-order valence-electron chi connectivity index (χ1n) is 7.96. The number of rotatable bonds is 4. The van der Waals surface area contributed by atoms with Crippen molar-refractivity contribution >= 4 is 5.91 Å². The van der Waals surface area contributed by atoms with Gasteiger partial charge in [-0.05, 0) is 37.0 Å². The van der Waals surface area contributed by atoms with E-state index in [-0.39, 0.29) is 18.1 Å². The smallest absolute Gasteiger partial charge is 0.241 e. The van der Waals surface area contributed by atoms with E-state index in [1.165, 1.54) is 12.8 Å². The molecule has 1 saturated heterocycles. The Morgan fingerprint density at radius 1 is 1.33 bits per heavy atom. The van der Waals surface area contributed by atoms with Gasteiger partial charge in [-0.15, -0.1) is 0 Å². The van der Waals surface area contributed by atoms with Crippen LogP contribution in [0, 0.1) is 0 Å². The molecule has 0 bridgehead atoms. The maximum absolute atomic E-state index is 12.7.